The largest absolute Gasteiger partial charge is 0.399 e. The summed E-state index contributed by atoms with van der Waals surface area (Å²) >= 11 is 5.58. The molecule has 1 aromatic carbocycles. The van der Waals surface area contributed by atoms with Gasteiger partial charge in [-0.1, -0.05) is 11.6 Å². The fourth-order valence-electron chi connectivity index (χ4n) is 0.753. The number of anilines is 1. The first kappa shape index (κ1) is 7.35. The molecule has 0 saturated carbocycles. The molecule has 0 amide bonds. The first-order valence-corrected chi connectivity index (χ1v) is 3.21. The van der Waals surface area contributed by atoms with Crippen LogP contribution < -0.4 is 5.73 Å². The summed E-state index contributed by atoms with van der Waals surface area (Å²) in [4.78, 5) is 0. The molecular weight excluding hydrogens is 153 g/mol. The van der Waals surface area contributed by atoms with Gasteiger partial charge >= 0.3 is 0 Å². The highest BCUT2D eigenvalue weighted by atomic mass is 35.5. The zero-order valence-corrected chi connectivity index (χ0v) is 6.03. The average Bonchev–Trinajstić information content (AvgIpc) is 1.85. The second-order valence-electron chi connectivity index (χ2n) is 2.03. The zero-order valence-electron chi connectivity index (χ0n) is 5.27. The quantitative estimate of drug-likeness (QED) is 0.626. The third kappa shape index (κ3) is 1.61. The first-order chi connectivity index (χ1) is 4.72. The van der Waals surface area contributed by atoms with Crippen molar-refractivity contribution in [2.45, 2.75) is 6.67 Å². The first-order valence-electron chi connectivity index (χ1n) is 2.83. The summed E-state index contributed by atoms with van der Waals surface area (Å²) in [5.41, 5.74) is 6.40. The predicted molar refractivity (Wildman–Crippen MR) is 40.7 cm³/mol. The molecule has 2 N–H and O–H groups in total. The van der Waals surface area contributed by atoms with Gasteiger partial charge in [0.1, 0.15) is 6.67 Å². The van der Waals surface area contributed by atoms with Gasteiger partial charge in [0.15, 0.2) is 0 Å². The van der Waals surface area contributed by atoms with Crippen LogP contribution in [0.15, 0.2) is 18.2 Å². The second-order valence-corrected chi connectivity index (χ2v) is 2.46. The number of alkyl halides is 1. The van der Waals surface area contributed by atoms with Crippen LogP contribution in [0.4, 0.5) is 10.1 Å². The molecule has 0 spiro atoms. The Morgan fingerprint density at radius 2 is 2.10 bits per heavy atom. The maximum atomic E-state index is 12.0. The van der Waals surface area contributed by atoms with Gasteiger partial charge in [0.25, 0.3) is 0 Å². The number of rotatable bonds is 1. The van der Waals surface area contributed by atoms with Gasteiger partial charge in [0, 0.05) is 10.7 Å². The molecule has 54 valence electrons. The Kier molecular flexibility index (Phi) is 2.12. The van der Waals surface area contributed by atoms with Crippen molar-refractivity contribution in [3.63, 3.8) is 0 Å². The molecule has 0 saturated heterocycles. The molecule has 3 heteroatoms. The lowest BCUT2D eigenvalue weighted by atomic mass is 10.2. The lowest BCUT2D eigenvalue weighted by molar-refractivity contribution is 0.485. The highest BCUT2D eigenvalue weighted by Crippen LogP contribution is 2.16. The van der Waals surface area contributed by atoms with Gasteiger partial charge < -0.3 is 5.73 Å². The normalized spacial score (nSPS) is 9.80. The molecule has 1 nitrogen and oxygen atoms in total. The predicted octanol–water partition coefficient (Wildman–Crippen LogP) is 2.39. The summed E-state index contributed by atoms with van der Waals surface area (Å²) in [6.45, 7) is -0.523. The van der Waals surface area contributed by atoms with E-state index < -0.39 is 6.67 Å². The molecular formula is C7H7ClFN. The van der Waals surface area contributed by atoms with Crippen molar-refractivity contribution >= 4 is 17.3 Å². The fourth-order valence-corrected chi connectivity index (χ4v) is 1.02. The maximum Gasteiger partial charge on any atom is 0.115 e. The van der Waals surface area contributed by atoms with Gasteiger partial charge in [-0.25, -0.2) is 4.39 Å². The van der Waals surface area contributed by atoms with E-state index in [0.29, 0.717) is 16.3 Å². The van der Waals surface area contributed by atoms with E-state index in [9.17, 15) is 4.39 Å². The van der Waals surface area contributed by atoms with E-state index in [1.165, 1.54) is 0 Å². The van der Waals surface area contributed by atoms with Crippen molar-refractivity contribution < 1.29 is 4.39 Å². The number of benzene rings is 1. The van der Waals surface area contributed by atoms with E-state index in [1.54, 1.807) is 18.2 Å². The second kappa shape index (κ2) is 2.88. The molecule has 0 aliphatic heterocycles. The van der Waals surface area contributed by atoms with Crippen LogP contribution in [0.3, 0.4) is 0 Å². The van der Waals surface area contributed by atoms with E-state index in [0.717, 1.165) is 0 Å². The molecule has 0 aromatic heterocycles. The van der Waals surface area contributed by atoms with Crippen molar-refractivity contribution in [1.29, 1.82) is 0 Å². The van der Waals surface area contributed by atoms with Crippen molar-refractivity contribution in [1.82, 2.24) is 0 Å². The van der Waals surface area contributed by atoms with Crippen LogP contribution in [-0.2, 0) is 6.67 Å². The van der Waals surface area contributed by atoms with Gasteiger partial charge in [0.2, 0.25) is 0 Å². The summed E-state index contributed by atoms with van der Waals surface area (Å²) in [7, 11) is 0. The minimum Gasteiger partial charge on any atom is -0.399 e. The van der Waals surface area contributed by atoms with Crippen molar-refractivity contribution in [3.8, 4) is 0 Å². The third-order valence-corrected chi connectivity index (χ3v) is 1.35. The maximum absolute atomic E-state index is 12.0. The summed E-state index contributed by atoms with van der Waals surface area (Å²) in [6.07, 6.45) is 0. The number of halogens is 2. The van der Waals surface area contributed by atoms with Crippen molar-refractivity contribution in [2.24, 2.45) is 0 Å². The summed E-state index contributed by atoms with van der Waals surface area (Å²) < 4.78 is 12.0. The summed E-state index contributed by atoms with van der Waals surface area (Å²) in [5, 5.41) is 0.479. The standard InChI is InChI=1S/C7H7ClFN/c8-6-1-5(4-9)2-7(10)3-6/h1-3H,4,10H2. The SMILES string of the molecule is Nc1cc(Cl)cc(CF)c1. The topological polar surface area (TPSA) is 26.0 Å². The van der Waals surface area contributed by atoms with Gasteiger partial charge in [-0.3, -0.25) is 0 Å². The molecule has 1 aromatic rings. The van der Waals surface area contributed by atoms with Gasteiger partial charge in [-0.2, -0.15) is 0 Å². The molecule has 0 unspecified atom stereocenters. The van der Waals surface area contributed by atoms with Crippen molar-refractivity contribution in [3.05, 3.63) is 28.8 Å². The van der Waals surface area contributed by atoms with Gasteiger partial charge in [-0.15, -0.1) is 0 Å². The number of nitrogen functional groups attached to an aromatic ring is 1. The Hall–Kier alpha value is -0.760. The highest BCUT2D eigenvalue weighted by molar-refractivity contribution is 6.30. The van der Waals surface area contributed by atoms with Crippen LogP contribution in [0, 0.1) is 0 Å². The van der Waals surface area contributed by atoms with Crippen LogP contribution in [-0.4, -0.2) is 0 Å². The molecule has 1 rings (SSSR count). The van der Waals surface area contributed by atoms with Crippen LogP contribution >= 0.6 is 11.6 Å². The summed E-state index contributed by atoms with van der Waals surface area (Å²) in [6, 6.07) is 4.70. The Morgan fingerprint density at radius 3 is 2.60 bits per heavy atom. The minimum atomic E-state index is -0.523. The Bertz CT molecular complexity index is 217. The van der Waals surface area contributed by atoms with E-state index in [-0.39, 0.29) is 0 Å². The molecule has 0 fully saturated rings. The molecule has 0 aliphatic carbocycles. The smallest absolute Gasteiger partial charge is 0.115 e. The van der Waals surface area contributed by atoms with Gasteiger partial charge in [0.05, 0.1) is 0 Å². The minimum absolute atomic E-state index is 0.479. The highest BCUT2D eigenvalue weighted by Gasteiger charge is 1.94. The number of nitrogens with two attached hydrogens (primary N) is 1. The third-order valence-electron chi connectivity index (χ3n) is 1.13. The summed E-state index contributed by atoms with van der Waals surface area (Å²) in [5.74, 6) is 0. The lowest BCUT2D eigenvalue weighted by Crippen LogP contribution is -1.86. The fraction of sp³-hybridized carbons (Fsp3) is 0.143. The number of hydrogen-bond donors (Lipinski definition) is 1. The van der Waals surface area contributed by atoms with E-state index >= 15 is 0 Å². The van der Waals surface area contributed by atoms with Gasteiger partial charge in [-0.05, 0) is 23.8 Å². The molecule has 0 bridgehead atoms. The molecule has 10 heavy (non-hydrogen) atoms. The Balaban J connectivity index is 3.06. The van der Waals surface area contributed by atoms with Crippen LogP contribution in [0.5, 0.6) is 0 Å². The van der Waals surface area contributed by atoms with Crippen LogP contribution in [0.25, 0.3) is 0 Å². The lowest BCUT2D eigenvalue weighted by Gasteiger charge is -1.97. The number of hydrogen-bond acceptors (Lipinski definition) is 1. The Labute approximate surface area is 63.6 Å². The molecule has 0 atom stereocenters. The van der Waals surface area contributed by atoms with Crippen LogP contribution in [0.1, 0.15) is 5.56 Å². The Morgan fingerprint density at radius 1 is 1.40 bits per heavy atom. The molecule has 0 aliphatic rings. The molecule has 0 radical (unpaired) electrons. The molecule has 0 heterocycles. The zero-order chi connectivity index (χ0) is 7.56. The van der Waals surface area contributed by atoms with E-state index in [2.05, 4.69) is 0 Å². The average molecular weight is 160 g/mol. The van der Waals surface area contributed by atoms with E-state index in [4.69, 9.17) is 17.3 Å². The van der Waals surface area contributed by atoms with E-state index in [1.807, 2.05) is 0 Å². The van der Waals surface area contributed by atoms with Crippen molar-refractivity contribution in [2.75, 3.05) is 5.73 Å². The monoisotopic (exact) mass is 159 g/mol. The van der Waals surface area contributed by atoms with Crippen LogP contribution in [0.2, 0.25) is 5.02 Å².